The lowest BCUT2D eigenvalue weighted by atomic mass is 9.86. The minimum absolute atomic E-state index is 0.116. The summed E-state index contributed by atoms with van der Waals surface area (Å²) in [5.74, 6) is 1.07. The van der Waals surface area contributed by atoms with E-state index in [-0.39, 0.29) is 11.7 Å². The summed E-state index contributed by atoms with van der Waals surface area (Å²) in [7, 11) is 1.95. The van der Waals surface area contributed by atoms with Crippen LogP contribution in [-0.2, 0) is 4.79 Å². The van der Waals surface area contributed by atoms with Crippen molar-refractivity contribution < 1.29 is 4.79 Å². The summed E-state index contributed by atoms with van der Waals surface area (Å²) in [6, 6.07) is 0. The lowest BCUT2D eigenvalue weighted by Gasteiger charge is -2.19. The number of ketones is 1. The van der Waals surface area contributed by atoms with Crippen LogP contribution < -0.4 is 11.1 Å². The van der Waals surface area contributed by atoms with E-state index in [9.17, 15) is 4.79 Å². The minimum atomic E-state index is 0.116. The SMILES string of the molecule is C=C(CCC(C)C)C(CCCNC)CC(=O)C=C(C)N. The Bertz CT molecular complexity index is 328. The molecule has 0 aliphatic heterocycles. The molecule has 0 amide bonds. The van der Waals surface area contributed by atoms with Crippen molar-refractivity contribution in [2.75, 3.05) is 13.6 Å². The molecule has 0 spiro atoms. The molecule has 0 bridgehead atoms. The Labute approximate surface area is 124 Å². The van der Waals surface area contributed by atoms with Gasteiger partial charge in [0.25, 0.3) is 0 Å². The summed E-state index contributed by atoms with van der Waals surface area (Å²) < 4.78 is 0. The highest BCUT2D eigenvalue weighted by atomic mass is 16.1. The highest BCUT2D eigenvalue weighted by molar-refractivity contribution is 5.90. The zero-order valence-electron chi connectivity index (χ0n) is 13.7. The predicted octanol–water partition coefficient (Wildman–Crippen LogP) is 3.42. The predicted molar refractivity (Wildman–Crippen MR) is 87.4 cm³/mol. The molecule has 0 fully saturated rings. The van der Waals surface area contributed by atoms with Crippen LogP contribution in [0.5, 0.6) is 0 Å². The Kier molecular flexibility index (Phi) is 10.1. The van der Waals surface area contributed by atoms with Crippen LogP contribution in [0.1, 0.15) is 52.9 Å². The average Bonchev–Trinajstić information content (AvgIpc) is 2.34. The van der Waals surface area contributed by atoms with Gasteiger partial charge in [-0.25, -0.2) is 0 Å². The average molecular weight is 280 g/mol. The first-order chi connectivity index (χ1) is 9.36. The molecule has 3 heteroatoms. The fourth-order valence-electron chi connectivity index (χ4n) is 2.21. The van der Waals surface area contributed by atoms with Crippen molar-refractivity contribution in [2.45, 2.75) is 52.9 Å². The van der Waals surface area contributed by atoms with Gasteiger partial charge >= 0.3 is 0 Å². The molecular formula is C17H32N2O. The third-order valence-electron chi connectivity index (χ3n) is 3.44. The minimum Gasteiger partial charge on any atom is -0.402 e. The zero-order chi connectivity index (χ0) is 15.5. The lowest BCUT2D eigenvalue weighted by Crippen LogP contribution is -2.14. The monoisotopic (exact) mass is 280 g/mol. The van der Waals surface area contributed by atoms with E-state index >= 15 is 0 Å². The molecular weight excluding hydrogens is 248 g/mol. The van der Waals surface area contributed by atoms with Crippen LogP contribution in [0, 0.1) is 11.8 Å². The van der Waals surface area contributed by atoms with Crippen LogP contribution in [-0.4, -0.2) is 19.4 Å². The van der Waals surface area contributed by atoms with Gasteiger partial charge < -0.3 is 11.1 Å². The van der Waals surface area contributed by atoms with E-state index in [1.165, 1.54) is 5.57 Å². The molecule has 116 valence electrons. The smallest absolute Gasteiger partial charge is 0.157 e. The lowest BCUT2D eigenvalue weighted by molar-refractivity contribution is -0.115. The second-order valence-corrected chi connectivity index (χ2v) is 6.09. The van der Waals surface area contributed by atoms with E-state index in [1.807, 2.05) is 7.05 Å². The number of nitrogens with two attached hydrogens (primary N) is 1. The van der Waals surface area contributed by atoms with Crippen molar-refractivity contribution in [1.29, 1.82) is 0 Å². The molecule has 3 nitrogen and oxygen atoms in total. The van der Waals surface area contributed by atoms with E-state index < -0.39 is 0 Å². The molecule has 0 aromatic rings. The van der Waals surface area contributed by atoms with Crippen molar-refractivity contribution in [2.24, 2.45) is 17.6 Å². The first-order valence-corrected chi connectivity index (χ1v) is 7.65. The molecule has 0 aliphatic carbocycles. The first kappa shape index (κ1) is 18.9. The maximum absolute atomic E-state index is 11.9. The van der Waals surface area contributed by atoms with Crippen LogP contribution in [0.2, 0.25) is 0 Å². The second kappa shape index (κ2) is 10.7. The topological polar surface area (TPSA) is 55.1 Å². The van der Waals surface area contributed by atoms with Crippen LogP contribution in [0.3, 0.4) is 0 Å². The Morgan fingerprint density at radius 1 is 1.35 bits per heavy atom. The van der Waals surface area contributed by atoms with Gasteiger partial charge in [0.05, 0.1) is 0 Å². The van der Waals surface area contributed by atoms with E-state index in [0.717, 1.165) is 32.2 Å². The molecule has 20 heavy (non-hydrogen) atoms. The molecule has 0 saturated heterocycles. The fourth-order valence-corrected chi connectivity index (χ4v) is 2.21. The van der Waals surface area contributed by atoms with E-state index in [4.69, 9.17) is 5.73 Å². The van der Waals surface area contributed by atoms with Crippen molar-refractivity contribution in [3.63, 3.8) is 0 Å². The van der Waals surface area contributed by atoms with Gasteiger partial charge in [0.1, 0.15) is 0 Å². The van der Waals surface area contributed by atoms with Gasteiger partial charge in [-0.05, 0) is 64.1 Å². The summed E-state index contributed by atoms with van der Waals surface area (Å²) in [5, 5.41) is 3.15. The van der Waals surface area contributed by atoms with Gasteiger partial charge in [0.15, 0.2) is 5.78 Å². The Morgan fingerprint density at radius 2 is 2.00 bits per heavy atom. The Hall–Kier alpha value is -1.09. The Balaban J connectivity index is 4.50. The highest BCUT2D eigenvalue weighted by Crippen LogP contribution is 2.25. The number of hydrogen-bond acceptors (Lipinski definition) is 3. The van der Waals surface area contributed by atoms with Gasteiger partial charge in [-0.1, -0.05) is 26.0 Å². The van der Waals surface area contributed by atoms with Crippen molar-refractivity contribution in [3.8, 4) is 0 Å². The molecule has 0 radical (unpaired) electrons. The summed E-state index contributed by atoms with van der Waals surface area (Å²) in [4.78, 5) is 11.9. The van der Waals surface area contributed by atoms with Crippen molar-refractivity contribution in [3.05, 3.63) is 23.9 Å². The summed E-state index contributed by atoms with van der Waals surface area (Å²) in [6.45, 7) is 11.4. The molecule has 0 heterocycles. The molecule has 0 rings (SSSR count). The third kappa shape index (κ3) is 9.79. The third-order valence-corrected chi connectivity index (χ3v) is 3.44. The first-order valence-electron chi connectivity index (χ1n) is 7.65. The highest BCUT2D eigenvalue weighted by Gasteiger charge is 2.16. The second-order valence-electron chi connectivity index (χ2n) is 6.09. The number of nitrogens with one attached hydrogen (secondary N) is 1. The van der Waals surface area contributed by atoms with Crippen LogP contribution in [0.15, 0.2) is 23.9 Å². The summed E-state index contributed by atoms with van der Waals surface area (Å²) >= 11 is 0. The standard InChI is InChI=1S/C17H32N2O/c1-13(2)8-9-14(3)16(7-6-10-19-5)12-17(20)11-15(4)18/h11,13,16,19H,3,6-10,12,18H2,1-2,4-5H3. The number of carbonyl (C=O) groups excluding carboxylic acids is 1. The van der Waals surface area contributed by atoms with Gasteiger partial charge in [-0.2, -0.15) is 0 Å². The number of carbonyl (C=O) groups is 1. The van der Waals surface area contributed by atoms with Crippen LogP contribution >= 0.6 is 0 Å². The zero-order valence-corrected chi connectivity index (χ0v) is 13.7. The van der Waals surface area contributed by atoms with Gasteiger partial charge in [-0.15, -0.1) is 0 Å². The summed E-state index contributed by atoms with van der Waals surface area (Å²) in [5.41, 5.74) is 7.37. The maximum Gasteiger partial charge on any atom is 0.157 e. The van der Waals surface area contributed by atoms with Crippen LogP contribution in [0.4, 0.5) is 0 Å². The Morgan fingerprint density at radius 3 is 2.50 bits per heavy atom. The van der Waals surface area contributed by atoms with E-state index in [2.05, 4.69) is 25.7 Å². The fraction of sp³-hybridized carbons (Fsp3) is 0.706. The van der Waals surface area contributed by atoms with Crippen LogP contribution in [0.25, 0.3) is 0 Å². The normalized spacial score (nSPS) is 13.6. The van der Waals surface area contributed by atoms with Gasteiger partial charge in [0.2, 0.25) is 0 Å². The number of rotatable bonds is 11. The van der Waals surface area contributed by atoms with E-state index in [1.54, 1.807) is 13.0 Å². The number of hydrogen-bond donors (Lipinski definition) is 2. The molecule has 3 N–H and O–H groups in total. The van der Waals surface area contributed by atoms with Gasteiger partial charge in [0, 0.05) is 12.1 Å². The maximum atomic E-state index is 11.9. The molecule has 1 atom stereocenters. The van der Waals surface area contributed by atoms with Crippen molar-refractivity contribution >= 4 is 5.78 Å². The molecule has 1 unspecified atom stereocenters. The quantitative estimate of drug-likeness (QED) is 0.346. The molecule has 0 aromatic carbocycles. The number of allylic oxidation sites excluding steroid dienone is 3. The molecule has 0 aliphatic rings. The molecule has 0 aromatic heterocycles. The molecule has 0 saturated carbocycles. The largest absolute Gasteiger partial charge is 0.402 e. The van der Waals surface area contributed by atoms with Gasteiger partial charge in [-0.3, -0.25) is 4.79 Å². The summed E-state index contributed by atoms with van der Waals surface area (Å²) in [6.07, 6.45) is 6.32. The van der Waals surface area contributed by atoms with E-state index in [0.29, 0.717) is 18.0 Å². The van der Waals surface area contributed by atoms with Crippen molar-refractivity contribution in [1.82, 2.24) is 5.32 Å².